The van der Waals surface area contributed by atoms with Gasteiger partial charge in [0.15, 0.2) is 0 Å². The largest absolute Gasteiger partial charge is 0.496 e. The van der Waals surface area contributed by atoms with E-state index in [0.29, 0.717) is 18.4 Å². The van der Waals surface area contributed by atoms with E-state index in [1.165, 1.54) is 0 Å². The maximum atomic E-state index is 6.07. The van der Waals surface area contributed by atoms with E-state index in [1.54, 1.807) is 7.11 Å². The first-order valence-electron chi connectivity index (χ1n) is 6.21. The van der Waals surface area contributed by atoms with E-state index < -0.39 is 0 Å². The average Bonchev–Trinajstić information content (AvgIpc) is 2.35. The van der Waals surface area contributed by atoms with Gasteiger partial charge in [0, 0.05) is 16.5 Å². The lowest BCUT2D eigenvalue weighted by atomic mass is 9.82. The zero-order valence-corrected chi connectivity index (χ0v) is 11.6. The Morgan fingerprint density at radius 3 is 2.41 bits per heavy atom. The summed E-state index contributed by atoms with van der Waals surface area (Å²) in [7, 11) is 1.69. The summed E-state index contributed by atoms with van der Waals surface area (Å²) >= 11 is 6.07. The van der Waals surface area contributed by atoms with Crippen LogP contribution in [0.1, 0.15) is 38.2 Å². The Bertz CT molecular complexity index is 350. The van der Waals surface area contributed by atoms with E-state index in [1.807, 2.05) is 18.2 Å². The fraction of sp³-hybridized carbons (Fsp3) is 0.571. The number of halogens is 1. The molecule has 0 aromatic heterocycles. The van der Waals surface area contributed by atoms with Crippen molar-refractivity contribution in [3.05, 3.63) is 28.8 Å². The number of rotatable bonds is 6. The normalized spacial score (nSPS) is 12.8. The monoisotopic (exact) mass is 255 g/mol. The predicted molar refractivity (Wildman–Crippen MR) is 73.9 cm³/mol. The maximum Gasteiger partial charge on any atom is 0.122 e. The molecule has 1 unspecified atom stereocenters. The van der Waals surface area contributed by atoms with E-state index in [-0.39, 0.29) is 0 Å². The van der Waals surface area contributed by atoms with Crippen molar-refractivity contribution in [3.8, 4) is 5.75 Å². The van der Waals surface area contributed by atoms with Crippen molar-refractivity contribution in [2.75, 3.05) is 13.7 Å². The van der Waals surface area contributed by atoms with Crippen molar-refractivity contribution in [2.45, 2.75) is 32.6 Å². The molecule has 0 saturated heterocycles. The summed E-state index contributed by atoms with van der Waals surface area (Å²) in [6.07, 6.45) is 2.24. The Balaban J connectivity index is 3.13. The summed E-state index contributed by atoms with van der Waals surface area (Å²) in [5.41, 5.74) is 7.07. The Labute approximate surface area is 109 Å². The van der Waals surface area contributed by atoms with Gasteiger partial charge in [-0.15, -0.1) is 0 Å². The standard InChI is InChI=1S/C14H22ClNO/c1-4-10(5-2)13(9-16)12-8-11(15)6-7-14(12)17-3/h6-8,10,13H,4-5,9,16H2,1-3H3. The number of benzene rings is 1. The van der Waals surface area contributed by atoms with E-state index in [9.17, 15) is 0 Å². The Morgan fingerprint density at radius 1 is 1.29 bits per heavy atom. The molecule has 0 fully saturated rings. The smallest absolute Gasteiger partial charge is 0.122 e. The molecule has 17 heavy (non-hydrogen) atoms. The Hall–Kier alpha value is -0.730. The lowest BCUT2D eigenvalue weighted by molar-refractivity contribution is 0.370. The number of methoxy groups -OCH3 is 1. The van der Waals surface area contributed by atoms with Gasteiger partial charge in [0.1, 0.15) is 5.75 Å². The maximum absolute atomic E-state index is 6.07. The van der Waals surface area contributed by atoms with Gasteiger partial charge in [-0.2, -0.15) is 0 Å². The lowest BCUT2D eigenvalue weighted by Crippen LogP contribution is -2.21. The van der Waals surface area contributed by atoms with Gasteiger partial charge in [-0.3, -0.25) is 0 Å². The summed E-state index contributed by atoms with van der Waals surface area (Å²) in [5, 5.41) is 0.741. The Morgan fingerprint density at radius 2 is 1.94 bits per heavy atom. The van der Waals surface area contributed by atoms with Gasteiger partial charge in [-0.05, 0) is 30.7 Å². The molecule has 96 valence electrons. The van der Waals surface area contributed by atoms with Crippen LogP contribution in [0.15, 0.2) is 18.2 Å². The molecule has 0 aliphatic heterocycles. The first-order chi connectivity index (χ1) is 8.17. The van der Waals surface area contributed by atoms with Crippen LogP contribution in [-0.4, -0.2) is 13.7 Å². The zero-order valence-electron chi connectivity index (χ0n) is 10.9. The average molecular weight is 256 g/mol. The van der Waals surface area contributed by atoms with Gasteiger partial charge in [0.05, 0.1) is 7.11 Å². The molecule has 0 saturated carbocycles. The molecule has 1 aromatic rings. The molecule has 0 bridgehead atoms. The number of nitrogens with two attached hydrogens (primary N) is 1. The second-order valence-corrected chi connectivity index (χ2v) is 4.74. The molecular weight excluding hydrogens is 234 g/mol. The summed E-state index contributed by atoms with van der Waals surface area (Å²) < 4.78 is 5.41. The fourth-order valence-corrected chi connectivity index (χ4v) is 2.61. The predicted octanol–water partition coefficient (Wildman–Crippen LogP) is 3.83. The van der Waals surface area contributed by atoms with Crippen LogP contribution in [0.4, 0.5) is 0 Å². The Kier molecular flexibility index (Phi) is 5.79. The lowest BCUT2D eigenvalue weighted by Gasteiger charge is -2.26. The molecule has 0 spiro atoms. The highest BCUT2D eigenvalue weighted by atomic mass is 35.5. The number of hydrogen-bond acceptors (Lipinski definition) is 2. The van der Waals surface area contributed by atoms with Crippen molar-refractivity contribution in [1.29, 1.82) is 0 Å². The molecule has 0 heterocycles. The molecule has 3 heteroatoms. The fourth-order valence-electron chi connectivity index (χ4n) is 2.43. The van der Waals surface area contributed by atoms with E-state index in [0.717, 1.165) is 29.2 Å². The van der Waals surface area contributed by atoms with Crippen LogP contribution in [0.25, 0.3) is 0 Å². The molecule has 2 nitrogen and oxygen atoms in total. The van der Waals surface area contributed by atoms with Crippen molar-refractivity contribution in [2.24, 2.45) is 11.7 Å². The summed E-state index contributed by atoms with van der Waals surface area (Å²) in [6, 6.07) is 5.75. The van der Waals surface area contributed by atoms with Gasteiger partial charge in [0.2, 0.25) is 0 Å². The van der Waals surface area contributed by atoms with E-state index in [4.69, 9.17) is 22.1 Å². The van der Waals surface area contributed by atoms with Gasteiger partial charge in [0.25, 0.3) is 0 Å². The van der Waals surface area contributed by atoms with Gasteiger partial charge in [-0.1, -0.05) is 38.3 Å². The molecule has 0 radical (unpaired) electrons. The second-order valence-electron chi connectivity index (χ2n) is 4.31. The highest BCUT2D eigenvalue weighted by Gasteiger charge is 2.22. The van der Waals surface area contributed by atoms with E-state index >= 15 is 0 Å². The SMILES string of the molecule is CCC(CC)C(CN)c1cc(Cl)ccc1OC. The van der Waals surface area contributed by atoms with Crippen LogP contribution >= 0.6 is 11.6 Å². The van der Waals surface area contributed by atoms with Crippen LogP contribution < -0.4 is 10.5 Å². The van der Waals surface area contributed by atoms with Gasteiger partial charge < -0.3 is 10.5 Å². The minimum atomic E-state index is 0.318. The second kappa shape index (κ2) is 6.87. The molecule has 1 rings (SSSR count). The molecule has 0 aliphatic rings. The minimum Gasteiger partial charge on any atom is -0.496 e. The van der Waals surface area contributed by atoms with Crippen LogP contribution in [0.2, 0.25) is 5.02 Å². The first kappa shape index (κ1) is 14.3. The van der Waals surface area contributed by atoms with Crippen LogP contribution in [0, 0.1) is 5.92 Å². The summed E-state index contributed by atoms with van der Waals surface area (Å²) in [4.78, 5) is 0. The van der Waals surface area contributed by atoms with Gasteiger partial charge in [-0.25, -0.2) is 0 Å². The van der Waals surface area contributed by atoms with Crippen molar-refractivity contribution in [3.63, 3.8) is 0 Å². The molecule has 0 amide bonds. The quantitative estimate of drug-likeness (QED) is 0.839. The van der Waals surface area contributed by atoms with Crippen molar-refractivity contribution < 1.29 is 4.74 Å². The molecule has 1 atom stereocenters. The molecule has 0 aliphatic carbocycles. The summed E-state index contributed by atoms with van der Waals surface area (Å²) in [6.45, 7) is 5.03. The van der Waals surface area contributed by atoms with Crippen molar-refractivity contribution in [1.82, 2.24) is 0 Å². The molecular formula is C14H22ClNO. The third-order valence-corrected chi connectivity index (χ3v) is 3.70. The van der Waals surface area contributed by atoms with Gasteiger partial charge >= 0.3 is 0 Å². The molecule has 2 N–H and O–H groups in total. The topological polar surface area (TPSA) is 35.2 Å². The zero-order chi connectivity index (χ0) is 12.8. The number of ether oxygens (including phenoxy) is 1. The van der Waals surface area contributed by atoms with E-state index in [2.05, 4.69) is 13.8 Å². The third kappa shape index (κ3) is 3.36. The highest BCUT2D eigenvalue weighted by molar-refractivity contribution is 6.30. The first-order valence-corrected chi connectivity index (χ1v) is 6.59. The molecule has 1 aromatic carbocycles. The minimum absolute atomic E-state index is 0.318. The van der Waals surface area contributed by atoms with Crippen LogP contribution in [0.3, 0.4) is 0 Å². The third-order valence-electron chi connectivity index (χ3n) is 3.46. The summed E-state index contributed by atoms with van der Waals surface area (Å²) in [5.74, 6) is 1.78. The highest BCUT2D eigenvalue weighted by Crippen LogP contribution is 2.36. The van der Waals surface area contributed by atoms with Crippen molar-refractivity contribution >= 4 is 11.6 Å². The number of hydrogen-bond donors (Lipinski definition) is 1. The van der Waals surface area contributed by atoms with Crippen LogP contribution in [0.5, 0.6) is 5.75 Å². The van der Waals surface area contributed by atoms with Crippen LogP contribution in [-0.2, 0) is 0 Å².